The molecular formula is C25H28N2O6. The normalized spacial score (nSPS) is 20.3. The highest BCUT2D eigenvalue weighted by Gasteiger charge is 2.31. The van der Waals surface area contributed by atoms with Gasteiger partial charge < -0.3 is 25.2 Å². The summed E-state index contributed by atoms with van der Waals surface area (Å²) in [6.45, 7) is 2.47. The van der Waals surface area contributed by atoms with E-state index in [1.54, 1.807) is 6.92 Å². The van der Waals surface area contributed by atoms with E-state index in [9.17, 15) is 14.4 Å². The number of rotatable bonds is 7. The Labute approximate surface area is 192 Å². The van der Waals surface area contributed by atoms with Crippen LogP contribution in [0.4, 0.5) is 4.79 Å². The summed E-state index contributed by atoms with van der Waals surface area (Å²) < 4.78 is 10.8. The van der Waals surface area contributed by atoms with Gasteiger partial charge in [-0.2, -0.15) is 0 Å². The van der Waals surface area contributed by atoms with Crippen molar-refractivity contribution < 1.29 is 29.0 Å². The Balaban J connectivity index is 1.32. The first-order valence-electron chi connectivity index (χ1n) is 11.2. The topological polar surface area (TPSA) is 114 Å². The van der Waals surface area contributed by atoms with Crippen LogP contribution in [0.25, 0.3) is 11.1 Å². The first kappa shape index (κ1) is 22.8. The van der Waals surface area contributed by atoms with Crippen molar-refractivity contribution in [3.05, 3.63) is 59.7 Å². The molecule has 2 aromatic rings. The molecule has 0 radical (unpaired) electrons. The molecule has 3 N–H and O–H groups in total. The third kappa shape index (κ3) is 5.17. The second kappa shape index (κ2) is 10.0. The molecule has 0 bridgehead atoms. The largest absolute Gasteiger partial charge is 0.481 e. The number of nitrogens with one attached hydrogen (secondary N) is 2. The van der Waals surface area contributed by atoms with E-state index in [0.717, 1.165) is 22.3 Å². The molecule has 1 heterocycles. The number of hydrogen-bond acceptors (Lipinski definition) is 5. The quantitative estimate of drug-likeness (QED) is 0.595. The van der Waals surface area contributed by atoms with Crippen LogP contribution in [0.2, 0.25) is 0 Å². The molecule has 174 valence electrons. The number of aliphatic carboxylic acids is 1. The Morgan fingerprint density at radius 1 is 1.09 bits per heavy atom. The number of alkyl carbamates (subject to hydrolysis) is 1. The summed E-state index contributed by atoms with van der Waals surface area (Å²) in [4.78, 5) is 36.1. The summed E-state index contributed by atoms with van der Waals surface area (Å²) in [6.07, 6.45) is -0.228. The van der Waals surface area contributed by atoms with Crippen LogP contribution in [0, 0.1) is 5.92 Å². The third-order valence-electron chi connectivity index (χ3n) is 6.31. The van der Waals surface area contributed by atoms with Crippen LogP contribution in [-0.2, 0) is 19.1 Å². The lowest BCUT2D eigenvalue weighted by atomic mass is 9.92. The lowest BCUT2D eigenvalue weighted by molar-refractivity contribution is -0.140. The fourth-order valence-corrected chi connectivity index (χ4v) is 4.60. The highest BCUT2D eigenvalue weighted by Crippen LogP contribution is 2.44. The molecule has 8 nitrogen and oxygen atoms in total. The molecule has 2 amide bonds. The summed E-state index contributed by atoms with van der Waals surface area (Å²) in [7, 11) is 0. The molecule has 2 aliphatic rings. The summed E-state index contributed by atoms with van der Waals surface area (Å²) in [5.41, 5.74) is 4.51. The average Bonchev–Trinajstić information content (AvgIpc) is 3.12. The zero-order valence-corrected chi connectivity index (χ0v) is 18.5. The second-order valence-electron chi connectivity index (χ2n) is 8.53. The Kier molecular flexibility index (Phi) is 6.93. The van der Waals surface area contributed by atoms with Crippen molar-refractivity contribution in [1.29, 1.82) is 0 Å². The van der Waals surface area contributed by atoms with E-state index in [2.05, 4.69) is 22.8 Å². The van der Waals surface area contributed by atoms with Crippen molar-refractivity contribution in [3.63, 3.8) is 0 Å². The van der Waals surface area contributed by atoms with Gasteiger partial charge in [0.25, 0.3) is 0 Å². The van der Waals surface area contributed by atoms with Gasteiger partial charge in [0.05, 0.1) is 13.0 Å². The number of hydrogen-bond donors (Lipinski definition) is 3. The highest BCUT2D eigenvalue weighted by molar-refractivity contribution is 5.85. The zero-order valence-electron chi connectivity index (χ0n) is 18.5. The van der Waals surface area contributed by atoms with E-state index in [1.165, 1.54) is 0 Å². The lowest BCUT2D eigenvalue weighted by Gasteiger charge is -2.32. The third-order valence-corrected chi connectivity index (χ3v) is 6.31. The second-order valence-corrected chi connectivity index (χ2v) is 8.53. The maximum atomic E-state index is 12.6. The van der Waals surface area contributed by atoms with E-state index in [0.29, 0.717) is 13.0 Å². The van der Waals surface area contributed by atoms with Gasteiger partial charge in [0.1, 0.15) is 12.6 Å². The molecular weight excluding hydrogens is 424 g/mol. The van der Waals surface area contributed by atoms with Gasteiger partial charge in [-0.15, -0.1) is 0 Å². The molecule has 1 aliphatic heterocycles. The predicted molar refractivity (Wildman–Crippen MR) is 121 cm³/mol. The van der Waals surface area contributed by atoms with Crippen molar-refractivity contribution in [2.24, 2.45) is 5.92 Å². The van der Waals surface area contributed by atoms with Gasteiger partial charge in [-0.25, -0.2) is 4.79 Å². The number of fused-ring (bicyclic) bond motifs is 3. The van der Waals surface area contributed by atoms with E-state index >= 15 is 0 Å². The number of carboxylic acids is 1. The van der Waals surface area contributed by atoms with Gasteiger partial charge in [0.15, 0.2) is 0 Å². The minimum absolute atomic E-state index is 0.0636. The number of benzene rings is 2. The zero-order chi connectivity index (χ0) is 23.4. The molecule has 1 fully saturated rings. The van der Waals surface area contributed by atoms with Crippen LogP contribution < -0.4 is 10.6 Å². The van der Waals surface area contributed by atoms with Crippen LogP contribution in [0.1, 0.15) is 36.8 Å². The number of carbonyl (C=O) groups excluding carboxylic acids is 2. The molecule has 2 aromatic carbocycles. The smallest absolute Gasteiger partial charge is 0.407 e. The summed E-state index contributed by atoms with van der Waals surface area (Å²) >= 11 is 0. The van der Waals surface area contributed by atoms with Gasteiger partial charge in [-0.3, -0.25) is 9.59 Å². The van der Waals surface area contributed by atoms with Gasteiger partial charge in [-0.05, 0) is 35.6 Å². The minimum Gasteiger partial charge on any atom is -0.481 e. The molecule has 1 aliphatic carbocycles. The number of carbonyl (C=O) groups is 3. The Bertz CT molecular complexity index is 994. The number of ether oxygens (including phenoxy) is 2. The Morgan fingerprint density at radius 3 is 2.36 bits per heavy atom. The molecule has 0 saturated carbocycles. The standard InChI is InChI=1S/C25H28N2O6/c1-15(24(30)27-22-10-11-32-13-16(22)12-23(28)29)26-25(31)33-14-21-19-8-4-2-6-17(19)18-7-3-5-9-20(18)21/h2-9,15-16,21-22H,10-14H2,1H3,(H,26,31)(H,27,30)(H,28,29)/t15-,16?,22?/m1/s1. The molecule has 2 unspecified atom stereocenters. The Hall–Kier alpha value is -3.39. The minimum atomic E-state index is -0.936. The van der Waals surface area contributed by atoms with Gasteiger partial charge in [0.2, 0.25) is 5.91 Å². The van der Waals surface area contributed by atoms with E-state index in [-0.39, 0.29) is 43.4 Å². The van der Waals surface area contributed by atoms with Gasteiger partial charge >= 0.3 is 12.1 Å². The van der Waals surface area contributed by atoms with Crippen LogP contribution in [0.5, 0.6) is 0 Å². The fourth-order valence-electron chi connectivity index (χ4n) is 4.60. The maximum Gasteiger partial charge on any atom is 0.407 e. The van der Waals surface area contributed by atoms with E-state index < -0.39 is 18.1 Å². The lowest BCUT2D eigenvalue weighted by Crippen LogP contribution is -2.52. The van der Waals surface area contributed by atoms with Crippen molar-refractivity contribution >= 4 is 18.0 Å². The van der Waals surface area contributed by atoms with Gasteiger partial charge in [-0.1, -0.05) is 48.5 Å². The monoisotopic (exact) mass is 452 g/mol. The molecule has 0 spiro atoms. The summed E-state index contributed by atoms with van der Waals surface area (Å²) in [6, 6.07) is 15.0. The summed E-state index contributed by atoms with van der Waals surface area (Å²) in [5.74, 6) is -1.69. The molecule has 1 saturated heterocycles. The molecule has 4 rings (SSSR count). The summed E-state index contributed by atoms with van der Waals surface area (Å²) in [5, 5.41) is 14.5. The fraction of sp³-hybridized carbons (Fsp3) is 0.400. The number of amides is 2. The van der Waals surface area contributed by atoms with Crippen LogP contribution >= 0.6 is 0 Å². The predicted octanol–water partition coefficient (Wildman–Crippen LogP) is 2.91. The van der Waals surface area contributed by atoms with Crippen LogP contribution in [0.3, 0.4) is 0 Å². The number of carboxylic acid groups (broad SMARTS) is 1. The SMILES string of the molecule is C[C@@H](NC(=O)OCC1c2ccccc2-c2ccccc21)C(=O)NC1CCOCC1CC(=O)O. The first-order chi connectivity index (χ1) is 15.9. The average molecular weight is 453 g/mol. The van der Waals surface area contributed by atoms with Crippen molar-refractivity contribution in [3.8, 4) is 11.1 Å². The van der Waals surface area contributed by atoms with E-state index in [1.807, 2.05) is 36.4 Å². The maximum absolute atomic E-state index is 12.6. The first-order valence-corrected chi connectivity index (χ1v) is 11.2. The highest BCUT2D eigenvalue weighted by atomic mass is 16.5. The molecule has 33 heavy (non-hydrogen) atoms. The van der Waals surface area contributed by atoms with Crippen LogP contribution in [-0.4, -0.2) is 55.0 Å². The van der Waals surface area contributed by atoms with Crippen molar-refractivity contribution in [2.75, 3.05) is 19.8 Å². The van der Waals surface area contributed by atoms with Gasteiger partial charge in [0, 0.05) is 24.5 Å². The molecule has 8 heteroatoms. The van der Waals surface area contributed by atoms with Crippen molar-refractivity contribution in [1.82, 2.24) is 10.6 Å². The molecule has 0 aromatic heterocycles. The Morgan fingerprint density at radius 2 is 1.73 bits per heavy atom. The van der Waals surface area contributed by atoms with Crippen molar-refractivity contribution in [2.45, 2.75) is 37.8 Å². The molecule has 3 atom stereocenters. The van der Waals surface area contributed by atoms with E-state index in [4.69, 9.17) is 14.6 Å². The van der Waals surface area contributed by atoms with Crippen LogP contribution in [0.15, 0.2) is 48.5 Å².